The Kier molecular flexibility index (Phi) is 9.16. The minimum absolute atomic E-state index is 0. The molecule has 1 fully saturated rings. The van der Waals surface area contributed by atoms with Crippen molar-refractivity contribution in [2.75, 3.05) is 41.5 Å². The number of rotatable bonds is 5. The highest BCUT2D eigenvalue weighted by Crippen LogP contribution is 2.33. The number of hydrogen-bond donors (Lipinski definition) is 1. The second kappa shape index (κ2) is 10.6. The average molecular weight is 463 g/mol. The van der Waals surface area contributed by atoms with Crippen LogP contribution in [-0.4, -0.2) is 52.3 Å². The molecule has 0 atom stereocenters. The highest BCUT2D eigenvalue weighted by molar-refractivity contribution is 14.0. The molecule has 1 aromatic carbocycles. The normalized spacial score (nSPS) is 15.4. The quantitative estimate of drug-likeness (QED) is 0.413. The molecule has 0 aromatic heterocycles. The number of aliphatic imine (C=N–C) groups is 1. The lowest BCUT2D eigenvalue weighted by Gasteiger charge is -2.33. The van der Waals surface area contributed by atoms with Gasteiger partial charge >= 0.3 is 0 Å². The third kappa shape index (κ3) is 5.55. The van der Waals surface area contributed by atoms with Gasteiger partial charge in [-0.25, -0.2) is 0 Å². The largest absolute Gasteiger partial charge is 0.496 e. The molecule has 1 aliphatic rings. The first-order valence-electron chi connectivity index (χ1n) is 8.37. The second-order valence-corrected chi connectivity index (χ2v) is 6.08. The van der Waals surface area contributed by atoms with Crippen LogP contribution in [0.2, 0.25) is 0 Å². The summed E-state index contributed by atoms with van der Waals surface area (Å²) in [6, 6.07) is 3.73. The summed E-state index contributed by atoms with van der Waals surface area (Å²) in [7, 11) is 6.76. The van der Waals surface area contributed by atoms with E-state index in [1.807, 2.05) is 19.2 Å². The number of nitrogens with one attached hydrogen (secondary N) is 1. The third-order valence-electron chi connectivity index (χ3n) is 4.54. The summed E-state index contributed by atoms with van der Waals surface area (Å²) in [5.41, 5.74) is 0.951. The van der Waals surface area contributed by atoms with Crippen molar-refractivity contribution in [3.05, 3.63) is 17.7 Å². The van der Waals surface area contributed by atoms with Crippen LogP contribution in [0.25, 0.3) is 0 Å². The standard InChI is InChI=1S/C18H29N3O3.HI/c1-13-6-8-21(9-7-13)18(19-2)20-12-15-16(23-4)10-14(22-3)11-17(15)24-5;/h10-11,13H,6-9,12H2,1-5H3,(H,19,20);1H. The molecule has 0 aliphatic carbocycles. The zero-order valence-corrected chi connectivity index (χ0v) is 18.1. The Bertz CT molecular complexity index is 548. The molecule has 1 aromatic rings. The van der Waals surface area contributed by atoms with E-state index < -0.39 is 0 Å². The monoisotopic (exact) mass is 463 g/mol. The van der Waals surface area contributed by atoms with Crippen LogP contribution >= 0.6 is 24.0 Å². The maximum absolute atomic E-state index is 5.50. The van der Waals surface area contributed by atoms with Crippen molar-refractivity contribution >= 4 is 29.9 Å². The van der Waals surface area contributed by atoms with Gasteiger partial charge in [0.15, 0.2) is 5.96 Å². The lowest BCUT2D eigenvalue weighted by Crippen LogP contribution is -2.45. The molecule has 0 unspecified atom stereocenters. The summed E-state index contributed by atoms with van der Waals surface area (Å²) >= 11 is 0. The van der Waals surface area contributed by atoms with E-state index in [-0.39, 0.29) is 24.0 Å². The predicted molar refractivity (Wildman–Crippen MR) is 112 cm³/mol. The van der Waals surface area contributed by atoms with Gasteiger partial charge in [0.05, 0.1) is 33.4 Å². The summed E-state index contributed by atoms with van der Waals surface area (Å²) in [6.45, 7) is 4.96. The van der Waals surface area contributed by atoms with E-state index >= 15 is 0 Å². The number of guanidine groups is 1. The molecule has 0 amide bonds. The topological polar surface area (TPSA) is 55.3 Å². The molecule has 6 nitrogen and oxygen atoms in total. The Labute approximate surface area is 167 Å². The SMILES string of the molecule is CN=C(NCc1c(OC)cc(OC)cc1OC)N1CCC(C)CC1.I. The second-order valence-electron chi connectivity index (χ2n) is 6.08. The molecule has 0 bridgehead atoms. The third-order valence-corrected chi connectivity index (χ3v) is 4.54. The van der Waals surface area contributed by atoms with Gasteiger partial charge in [-0.05, 0) is 18.8 Å². The Morgan fingerprint density at radius 1 is 1.12 bits per heavy atom. The molecular formula is C18H30IN3O3. The van der Waals surface area contributed by atoms with Crippen LogP contribution in [0.1, 0.15) is 25.3 Å². The Hall–Kier alpha value is -1.38. The molecule has 0 spiro atoms. The van der Waals surface area contributed by atoms with Gasteiger partial charge in [-0.3, -0.25) is 4.99 Å². The molecule has 25 heavy (non-hydrogen) atoms. The zero-order chi connectivity index (χ0) is 17.5. The summed E-state index contributed by atoms with van der Waals surface area (Å²) < 4.78 is 16.3. The Morgan fingerprint density at radius 3 is 2.12 bits per heavy atom. The van der Waals surface area contributed by atoms with Crippen molar-refractivity contribution in [1.82, 2.24) is 10.2 Å². The van der Waals surface area contributed by atoms with Gasteiger partial charge in [-0.15, -0.1) is 24.0 Å². The van der Waals surface area contributed by atoms with Crippen molar-refractivity contribution in [2.45, 2.75) is 26.3 Å². The maximum atomic E-state index is 5.50. The predicted octanol–water partition coefficient (Wildman–Crippen LogP) is 3.14. The lowest BCUT2D eigenvalue weighted by molar-refractivity contribution is 0.273. The van der Waals surface area contributed by atoms with Gasteiger partial charge in [0.25, 0.3) is 0 Å². The molecule has 1 N–H and O–H groups in total. The molecule has 142 valence electrons. The van der Waals surface area contributed by atoms with Crippen molar-refractivity contribution < 1.29 is 14.2 Å². The minimum atomic E-state index is 0. The molecule has 1 saturated heterocycles. The lowest BCUT2D eigenvalue weighted by atomic mass is 9.99. The van der Waals surface area contributed by atoms with E-state index in [1.165, 1.54) is 12.8 Å². The summed E-state index contributed by atoms with van der Waals surface area (Å²) in [5.74, 6) is 3.90. The number of benzene rings is 1. The van der Waals surface area contributed by atoms with E-state index in [1.54, 1.807) is 21.3 Å². The number of ether oxygens (including phenoxy) is 3. The first-order chi connectivity index (χ1) is 11.6. The van der Waals surface area contributed by atoms with Crippen LogP contribution < -0.4 is 19.5 Å². The van der Waals surface area contributed by atoms with E-state index in [4.69, 9.17) is 14.2 Å². The molecule has 2 rings (SSSR count). The van der Waals surface area contributed by atoms with E-state index in [0.717, 1.165) is 42.0 Å². The molecule has 0 saturated carbocycles. The smallest absolute Gasteiger partial charge is 0.193 e. The summed E-state index contributed by atoms with van der Waals surface area (Å²) in [5, 5.41) is 3.43. The maximum Gasteiger partial charge on any atom is 0.193 e. The first-order valence-corrected chi connectivity index (χ1v) is 8.37. The zero-order valence-electron chi connectivity index (χ0n) is 15.8. The van der Waals surface area contributed by atoms with Crippen molar-refractivity contribution in [3.8, 4) is 17.2 Å². The fourth-order valence-corrected chi connectivity index (χ4v) is 2.97. The van der Waals surface area contributed by atoms with E-state index in [2.05, 4.69) is 22.1 Å². The number of hydrogen-bond acceptors (Lipinski definition) is 4. The van der Waals surface area contributed by atoms with Crippen LogP contribution in [-0.2, 0) is 6.54 Å². The van der Waals surface area contributed by atoms with Crippen molar-refractivity contribution in [2.24, 2.45) is 10.9 Å². The number of halogens is 1. The van der Waals surface area contributed by atoms with E-state index in [9.17, 15) is 0 Å². The highest BCUT2D eigenvalue weighted by Gasteiger charge is 2.20. The number of nitrogens with zero attached hydrogens (tertiary/aromatic N) is 2. The molecule has 0 radical (unpaired) electrons. The van der Waals surface area contributed by atoms with Gasteiger partial charge in [0.1, 0.15) is 17.2 Å². The van der Waals surface area contributed by atoms with E-state index in [0.29, 0.717) is 12.3 Å². The fourth-order valence-electron chi connectivity index (χ4n) is 2.97. The van der Waals surface area contributed by atoms with Crippen LogP contribution in [0, 0.1) is 5.92 Å². The fraction of sp³-hybridized carbons (Fsp3) is 0.611. The average Bonchev–Trinajstić information content (AvgIpc) is 2.63. The Morgan fingerprint density at radius 2 is 1.68 bits per heavy atom. The van der Waals surface area contributed by atoms with Crippen LogP contribution in [0.3, 0.4) is 0 Å². The minimum Gasteiger partial charge on any atom is -0.496 e. The highest BCUT2D eigenvalue weighted by atomic mass is 127. The van der Waals surface area contributed by atoms with Crippen LogP contribution in [0.15, 0.2) is 17.1 Å². The molecule has 1 aliphatic heterocycles. The molecular weight excluding hydrogens is 433 g/mol. The number of piperidine rings is 1. The van der Waals surface area contributed by atoms with Crippen molar-refractivity contribution in [1.29, 1.82) is 0 Å². The van der Waals surface area contributed by atoms with Gasteiger partial charge in [0.2, 0.25) is 0 Å². The van der Waals surface area contributed by atoms with Crippen LogP contribution in [0.4, 0.5) is 0 Å². The van der Waals surface area contributed by atoms with Gasteiger partial charge < -0.3 is 24.4 Å². The summed E-state index contributed by atoms with van der Waals surface area (Å²) in [6.07, 6.45) is 2.41. The van der Waals surface area contributed by atoms with Crippen LogP contribution in [0.5, 0.6) is 17.2 Å². The first kappa shape index (κ1) is 21.7. The number of methoxy groups -OCH3 is 3. The van der Waals surface area contributed by atoms with Gasteiger partial charge in [-0.1, -0.05) is 6.92 Å². The molecule has 7 heteroatoms. The molecule has 1 heterocycles. The number of likely N-dealkylation sites (tertiary alicyclic amines) is 1. The summed E-state index contributed by atoms with van der Waals surface area (Å²) in [4.78, 5) is 6.73. The van der Waals surface area contributed by atoms with Gasteiger partial charge in [0, 0.05) is 32.3 Å². The Balaban J connectivity index is 0.00000312. The van der Waals surface area contributed by atoms with Gasteiger partial charge in [-0.2, -0.15) is 0 Å². The van der Waals surface area contributed by atoms with Crippen molar-refractivity contribution in [3.63, 3.8) is 0 Å².